The number of hydrogen-bond donors (Lipinski definition) is 0. The zero-order chi connectivity index (χ0) is 20.5. The van der Waals surface area contributed by atoms with Crippen molar-refractivity contribution in [3.05, 3.63) is 70.5 Å². The fourth-order valence-electron chi connectivity index (χ4n) is 4.29. The van der Waals surface area contributed by atoms with E-state index in [1.165, 1.54) is 43.2 Å². The summed E-state index contributed by atoms with van der Waals surface area (Å²) in [6.45, 7) is 4.38. The molecule has 1 saturated carbocycles. The van der Waals surface area contributed by atoms with Crippen molar-refractivity contribution in [2.24, 2.45) is 5.92 Å². The second-order valence-corrected chi connectivity index (χ2v) is 8.57. The minimum atomic E-state index is -0.101. The molecule has 3 rings (SSSR count). The van der Waals surface area contributed by atoms with Gasteiger partial charge in [-0.25, -0.2) is 4.39 Å². The Morgan fingerprint density at radius 1 is 0.862 bits per heavy atom. The third-order valence-electron chi connectivity index (χ3n) is 6.27. The molecule has 0 aromatic heterocycles. The molecule has 1 heteroatoms. The van der Waals surface area contributed by atoms with Gasteiger partial charge in [-0.15, -0.1) is 0 Å². The highest BCUT2D eigenvalue weighted by Crippen LogP contribution is 2.35. The van der Waals surface area contributed by atoms with Crippen molar-refractivity contribution in [2.45, 2.75) is 84.0 Å². The van der Waals surface area contributed by atoms with Crippen LogP contribution in [0.2, 0.25) is 0 Å². The second-order valence-electron chi connectivity index (χ2n) is 8.57. The Morgan fingerprint density at radius 2 is 1.55 bits per heavy atom. The van der Waals surface area contributed by atoms with E-state index in [1.54, 1.807) is 6.07 Å². The van der Waals surface area contributed by atoms with E-state index in [2.05, 4.69) is 50.0 Å². The average molecular weight is 391 g/mol. The van der Waals surface area contributed by atoms with Crippen LogP contribution < -0.4 is 0 Å². The number of hydrogen-bond acceptors (Lipinski definition) is 0. The van der Waals surface area contributed by atoms with Crippen molar-refractivity contribution >= 4 is 0 Å². The summed E-state index contributed by atoms with van der Waals surface area (Å²) >= 11 is 0. The molecular formula is C28H35F. The Morgan fingerprint density at radius 3 is 2.21 bits per heavy atom. The van der Waals surface area contributed by atoms with E-state index in [1.807, 2.05) is 12.1 Å². The molecule has 1 aliphatic carbocycles. The molecule has 1 aliphatic rings. The second kappa shape index (κ2) is 11.2. The van der Waals surface area contributed by atoms with Crippen LogP contribution in [0.4, 0.5) is 4.39 Å². The molecule has 0 amide bonds. The predicted octanol–water partition coefficient (Wildman–Crippen LogP) is 7.84. The molecule has 0 atom stereocenters. The van der Waals surface area contributed by atoms with E-state index >= 15 is 0 Å². The summed E-state index contributed by atoms with van der Waals surface area (Å²) in [4.78, 5) is 0. The van der Waals surface area contributed by atoms with Gasteiger partial charge in [-0.3, -0.25) is 0 Å². The van der Waals surface area contributed by atoms with Gasteiger partial charge in [0.25, 0.3) is 0 Å². The van der Waals surface area contributed by atoms with Crippen molar-refractivity contribution in [1.82, 2.24) is 0 Å². The lowest BCUT2D eigenvalue weighted by molar-refractivity contribution is 0.384. The van der Waals surface area contributed by atoms with E-state index in [4.69, 9.17) is 0 Å². The Kier molecular flexibility index (Phi) is 8.36. The zero-order valence-corrected chi connectivity index (χ0v) is 18.1. The molecule has 0 nitrogen and oxygen atoms in total. The molecule has 0 radical (unpaired) electrons. The van der Waals surface area contributed by atoms with Crippen LogP contribution in [0.3, 0.4) is 0 Å². The predicted molar refractivity (Wildman–Crippen MR) is 122 cm³/mol. The van der Waals surface area contributed by atoms with Gasteiger partial charge in [0.2, 0.25) is 0 Å². The average Bonchev–Trinajstić information content (AvgIpc) is 2.76. The fraction of sp³-hybridized carbons (Fsp3) is 0.500. The summed E-state index contributed by atoms with van der Waals surface area (Å²) < 4.78 is 14.2. The first-order valence-electron chi connectivity index (χ1n) is 11.6. The number of aryl methyl sites for hydroxylation is 2. The standard InChI is InChI=1S/C28H35F/c1-3-5-7-22-11-16-25(17-12-22)26-18-13-23(14-19-26)9-10-24-15-20-27(8-6-4-2)28(29)21-24/h11-12,15-17,20-21,23,26H,3-8,13-14,18-19H2,1-2H3. The van der Waals surface area contributed by atoms with E-state index in [0.717, 1.165) is 43.2 Å². The van der Waals surface area contributed by atoms with Gasteiger partial charge < -0.3 is 0 Å². The lowest BCUT2D eigenvalue weighted by Gasteiger charge is -2.26. The number of halogens is 1. The molecule has 2 aromatic rings. The molecule has 2 aromatic carbocycles. The first kappa shape index (κ1) is 21.6. The van der Waals surface area contributed by atoms with E-state index in [-0.39, 0.29) is 5.82 Å². The van der Waals surface area contributed by atoms with Gasteiger partial charge in [0, 0.05) is 11.5 Å². The first-order valence-corrected chi connectivity index (χ1v) is 11.6. The SMILES string of the molecule is CCCCc1ccc(C2CCC(C#Cc3ccc(CCCC)c(F)c3)CC2)cc1. The molecule has 0 N–H and O–H groups in total. The van der Waals surface area contributed by atoms with Crippen molar-refractivity contribution < 1.29 is 4.39 Å². The largest absolute Gasteiger partial charge is 0.207 e. The van der Waals surface area contributed by atoms with Crippen LogP contribution in [0.25, 0.3) is 0 Å². The zero-order valence-electron chi connectivity index (χ0n) is 18.1. The number of unbranched alkanes of at least 4 members (excludes halogenated alkanes) is 2. The quantitative estimate of drug-likeness (QED) is 0.422. The van der Waals surface area contributed by atoms with Crippen molar-refractivity contribution in [3.63, 3.8) is 0 Å². The summed E-state index contributed by atoms with van der Waals surface area (Å²) in [5.74, 6) is 7.66. The molecule has 0 spiro atoms. The first-order chi connectivity index (χ1) is 14.2. The van der Waals surface area contributed by atoms with E-state index in [0.29, 0.717) is 11.8 Å². The molecule has 0 unspecified atom stereocenters. The smallest absolute Gasteiger partial charge is 0.127 e. The van der Waals surface area contributed by atoms with Crippen molar-refractivity contribution in [3.8, 4) is 11.8 Å². The molecule has 1 fully saturated rings. The van der Waals surface area contributed by atoms with E-state index < -0.39 is 0 Å². The normalized spacial score (nSPS) is 18.9. The van der Waals surface area contributed by atoms with Crippen LogP contribution in [0.15, 0.2) is 42.5 Å². The van der Waals surface area contributed by atoms with E-state index in [9.17, 15) is 4.39 Å². The summed E-state index contributed by atoms with van der Waals surface area (Å²) in [6.07, 6.45) is 11.4. The highest BCUT2D eigenvalue weighted by atomic mass is 19.1. The van der Waals surface area contributed by atoms with Crippen LogP contribution in [-0.2, 0) is 12.8 Å². The number of rotatable bonds is 7. The van der Waals surface area contributed by atoms with Crippen LogP contribution in [-0.4, -0.2) is 0 Å². The fourth-order valence-corrected chi connectivity index (χ4v) is 4.29. The third kappa shape index (κ3) is 6.46. The van der Waals surface area contributed by atoms with Gasteiger partial charge >= 0.3 is 0 Å². The van der Waals surface area contributed by atoms with Gasteiger partial charge in [0.1, 0.15) is 5.82 Å². The minimum Gasteiger partial charge on any atom is -0.207 e. The van der Waals surface area contributed by atoms with Crippen LogP contribution in [0.5, 0.6) is 0 Å². The van der Waals surface area contributed by atoms with Crippen LogP contribution in [0, 0.1) is 23.6 Å². The maximum atomic E-state index is 14.2. The Balaban J connectivity index is 1.52. The van der Waals surface area contributed by atoms with Crippen LogP contribution >= 0.6 is 0 Å². The topological polar surface area (TPSA) is 0 Å². The van der Waals surface area contributed by atoms with Gasteiger partial charge in [-0.2, -0.15) is 0 Å². The monoisotopic (exact) mass is 390 g/mol. The lowest BCUT2D eigenvalue weighted by atomic mass is 9.78. The molecule has 29 heavy (non-hydrogen) atoms. The molecule has 0 saturated heterocycles. The third-order valence-corrected chi connectivity index (χ3v) is 6.27. The Bertz CT molecular complexity index is 814. The summed E-state index contributed by atoms with van der Waals surface area (Å²) in [7, 11) is 0. The highest BCUT2D eigenvalue weighted by molar-refractivity contribution is 5.37. The molecule has 0 heterocycles. The summed E-state index contributed by atoms with van der Waals surface area (Å²) in [5.41, 5.74) is 4.58. The highest BCUT2D eigenvalue weighted by Gasteiger charge is 2.21. The Hall–Kier alpha value is -2.07. The molecule has 0 bridgehead atoms. The van der Waals surface area contributed by atoms with Gasteiger partial charge in [-0.1, -0.05) is 68.9 Å². The van der Waals surface area contributed by atoms with Gasteiger partial charge in [-0.05, 0) is 86.1 Å². The van der Waals surface area contributed by atoms with Crippen molar-refractivity contribution in [1.29, 1.82) is 0 Å². The van der Waals surface area contributed by atoms with Gasteiger partial charge in [0.15, 0.2) is 0 Å². The molecule has 0 aliphatic heterocycles. The number of benzene rings is 2. The summed E-state index contributed by atoms with van der Waals surface area (Å²) in [5, 5.41) is 0. The van der Waals surface area contributed by atoms with Gasteiger partial charge in [0.05, 0.1) is 0 Å². The summed E-state index contributed by atoms with van der Waals surface area (Å²) in [6, 6.07) is 14.8. The molecular weight excluding hydrogens is 355 g/mol. The molecule has 154 valence electrons. The Labute approximate surface area is 176 Å². The lowest BCUT2D eigenvalue weighted by Crippen LogP contribution is -2.12. The maximum absolute atomic E-state index is 14.2. The maximum Gasteiger partial charge on any atom is 0.127 e. The van der Waals surface area contributed by atoms with Crippen molar-refractivity contribution in [2.75, 3.05) is 0 Å². The van der Waals surface area contributed by atoms with Crippen LogP contribution in [0.1, 0.15) is 93.4 Å². The minimum absolute atomic E-state index is 0.101.